The maximum absolute atomic E-state index is 4.73. The number of rotatable bonds is 5. The molecule has 0 nitrogen and oxygen atoms in total. The van der Waals surface area contributed by atoms with Gasteiger partial charge in [-0.05, 0) is 18.4 Å². The van der Waals surface area contributed by atoms with Crippen LogP contribution in [0.5, 0.6) is 0 Å². The second kappa shape index (κ2) is 5.06. The van der Waals surface area contributed by atoms with E-state index in [-0.39, 0.29) is 4.75 Å². The van der Waals surface area contributed by atoms with Gasteiger partial charge in [-0.1, -0.05) is 42.5 Å². The fraction of sp³-hybridized carbons (Fsp3) is 0.231. The van der Waals surface area contributed by atoms with Gasteiger partial charge >= 0.3 is 0 Å². The summed E-state index contributed by atoms with van der Waals surface area (Å²) in [6.07, 6.45) is 5.52. The van der Waals surface area contributed by atoms with Gasteiger partial charge in [0, 0.05) is 4.75 Å². The molecule has 0 bridgehead atoms. The fourth-order valence-electron chi connectivity index (χ4n) is 1.54. The highest BCUT2D eigenvalue weighted by Gasteiger charge is 2.24. The fourth-order valence-corrected chi connectivity index (χ4v) is 1.95. The van der Waals surface area contributed by atoms with Crippen molar-refractivity contribution in [2.45, 2.75) is 17.6 Å². The monoisotopic (exact) mass is 204 g/mol. The Morgan fingerprint density at radius 3 is 2.00 bits per heavy atom. The van der Waals surface area contributed by atoms with E-state index < -0.39 is 0 Å². The van der Waals surface area contributed by atoms with Crippen molar-refractivity contribution in [3.8, 4) is 0 Å². The Kier molecular flexibility index (Phi) is 4.02. The van der Waals surface area contributed by atoms with Crippen LogP contribution in [0.15, 0.2) is 55.6 Å². The Hall–Kier alpha value is -0.950. The molecule has 1 aromatic rings. The van der Waals surface area contributed by atoms with Gasteiger partial charge in [0.1, 0.15) is 0 Å². The zero-order chi connectivity index (χ0) is 10.4. The molecule has 0 amide bonds. The summed E-state index contributed by atoms with van der Waals surface area (Å²) in [5, 5.41) is 0. The van der Waals surface area contributed by atoms with Crippen molar-refractivity contribution in [2.75, 3.05) is 0 Å². The van der Waals surface area contributed by atoms with Gasteiger partial charge in [0.2, 0.25) is 0 Å². The van der Waals surface area contributed by atoms with Crippen molar-refractivity contribution in [1.82, 2.24) is 0 Å². The second-order valence-corrected chi connectivity index (χ2v) is 4.24. The molecule has 74 valence electrons. The van der Waals surface area contributed by atoms with Gasteiger partial charge in [0.15, 0.2) is 0 Å². The van der Waals surface area contributed by atoms with Crippen LogP contribution >= 0.6 is 12.6 Å². The lowest BCUT2D eigenvalue weighted by molar-refractivity contribution is 0.650. The van der Waals surface area contributed by atoms with Crippen LogP contribution in [0.3, 0.4) is 0 Å². The third-order valence-corrected chi connectivity index (χ3v) is 2.90. The van der Waals surface area contributed by atoms with Gasteiger partial charge in [-0.2, -0.15) is 12.6 Å². The number of benzene rings is 1. The molecule has 0 spiro atoms. The van der Waals surface area contributed by atoms with Crippen LogP contribution in [0.2, 0.25) is 0 Å². The minimum Gasteiger partial charge on any atom is -0.167 e. The molecule has 1 aromatic carbocycles. The molecule has 0 atom stereocenters. The van der Waals surface area contributed by atoms with Gasteiger partial charge in [0.25, 0.3) is 0 Å². The van der Waals surface area contributed by atoms with E-state index in [1.54, 1.807) is 0 Å². The summed E-state index contributed by atoms with van der Waals surface area (Å²) in [6, 6.07) is 10.3. The number of thiol groups is 1. The van der Waals surface area contributed by atoms with Crippen molar-refractivity contribution in [3.05, 3.63) is 61.2 Å². The highest BCUT2D eigenvalue weighted by Crippen LogP contribution is 2.36. The first-order valence-electron chi connectivity index (χ1n) is 4.72. The summed E-state index contributed by atoms with van der Waals surface area (Å²) in [4.78, 5) is 0. The molecule has 1 rings (SSSR count). The first-order valence-corrected chi connectivity index (χ1v) is 5.17. The molecule has 0 aliphatic rings. The molecule has 0 aromatic heterocycles. The Bertz CT molecular complexity index is 290. The van der Waals surface area contributed by atoms with Crippen molar-refractivity contribution >= 4 is 12.6 Å². The van der Waals surface area contributed by atoms with E-state index >= 15 is 0 Å². The van der Waals surface area contributed by atoms with Crippen LogP contribution < -0.4 is 0 Å². The first kappa shape index (κ1) is 11.1. The zero-order valence-corrected chi connectivity index (χ0v) is 9.21. The molecule has 0 aliphatic carbocycles. The summed E-state index contributed by atoms with van der Waals surface area (Å²) < 4.78 is -0.148. The van der Waals surface area contributed by atoms with Crippen molar-refractivity contribution in [2.24, 2.45) is 0 Å². The average molecular weight is 204 g/mol. The van der Waals surface area contributed by atoms with Gasteiger partial charge < -0.3 is 0 Å². The van der Waals surface area contributed by atoms with E-state index in [2.05, 4.69) is 25.3 Å². The third-order valence-electron chi connectivity index (χ3n) is 2.28. The van der Waals surface area contributed by atoms with E-state index in [0.29, 0.717) is 0 Å². The van der Waals surface area contributed by atoms with Crippen LogP contribution in [-0.2, 0) is 4.75 Å². The largest absolute Gasteiger partial charge is 0.167 e. The Labute approximate surface area is 91.8 Å². The maximum atomic E-state index is 4.73. The Morgan fingerprint density at radius 1 is 1.07 bits per heavy atom. The molecular formula is C13H16S. The predicted octanol–water partition coefficient (Wildman–Crippen LogP) is 3.96. The van der Waals surface area contributed by atoms with Crippen molar-refractivity contribution in [1.29, 1.82) is 0 Å². The van der Waals surface area contributed by atoms with E-state index in [9.17, 15) is 0 Å². The molecular weight excluding hydrogens is 188 g/mol. The zero-order valence-electron chi connectivity index (χ0n) is 8.32. The minimum absolute atomic E-state index is 0.148. The molecule has 0 fully saturated rings. The lowest BCUT2D eigenvalue weighted by Crippen LogP contribution is -2.16. The van der Waals surface area contributed by atoms with Crippen LogP contribution in [0.1, 0.15) is 18.4 Å². The van der Waals surface area contributed by atoms with Gasteiger partial charge in [-0.25, -0.2) is 0 Å². The smallest absolute Gasteiger partial charge is 0.0446 e. The van der Waals surface area contributed by atoms with Crippen molar-refractivity contribution in [3.63, 3.8) is 0 Å². The minimum atomic E-state index is -0.148. The van der Waals surface area contributed by atoms with Gasteiger partial charge in [0.05, 0.1) is 0 Å². The number of allylic oxidation sites excluding steroid dienone is 2. The molecule has 0 saturated heterocycles. The SMILES string of the molecule is C=CCC(S)(CC=C)c1ccccc1. The molecule has 0 N–H and O–H groups in total. The summed E-state index contributed by atoms with van der Waals surface area (Å²) in [5.41, 5.74) is 1.23. The first-order chi connectivity index (χ1) is 6.73. The normalized spacial score (nSPS) is 10.9. The van der Waals surface area contributed by atoms with Crippen LogP contribution in [0, 0.1) is 0 Å². The third kappa shape index (κ3) is 2.52. The Morgan fingerprint density at radius 2 is 1.57 bits per heavy atom. The summed E-state index contributed by atoms with van der Waals surface area (Å²) in [7, 11) is 0. The highest BCUT2D eigenvalue weighted by molar-refractivity contribution is 7.81. The molecule has 0 saturated carbocycles. The van der Waals surface area contributed by atoms with Crippen molar-refractivity contribution < 1.29 is 0 Å². The molecule has 14 heavy (non-hydrogen) atoms. The van der Waals surface area contributed by atoms with Crippen LogP contribution in [0.4, 0.5) is 0 Å². The second-order valence-electron chi connectivity index (χ2n) is 3.38. The maximum Gasteiger partial charge on any atom is 0.0446 e. The molecule has 0 heterocycles. The number of hydrogen-bond acceptors (Lipinski definition) is 1. The summed E-state index contributed by atoms with van der Waals surface area (Å²) in [6.45, 7) is 7.54. The van der Waals surface area contributed by atoms with E-state index in [1.807, 2.05) is 30.4 Å². The van der Waals surface area contributed by atoms with Crippen LogP contribution in [-0.4, -0.2) is 0 Å². The van der Waals surface area contributed by atoms with Crippen LogP contribution in [0.25, 0.3) is 0 Å². The van der Waals surface area contributed by atoms with Gasteiger partial charge in [-0.15, -0.1) is 13.2 Å². The lowest BCUT2D eigenvalue weighted by Gasteiger charge is -2.26. The molecule has 0 radical (unpaired) electrons. The number of hydrogen-bond donors (Lipinski definition) is 1. The Balaban J connectivity index is 2.98. The topological polar surface area (TPSA) is 0 Å². The highest BCUT2D eigenvalue weighted by atomic mass is 32.1. The average Bonchev–Trinajstić information content (AvgIpc) is 2.20. The molecule has 0 unspecified atom stereocenters. The molecule has 0 aliphatic heterocycles. The van der Waals surface area contributed by atoms with E-state index in [4.69, 9.17) is 12.6 Å². The van der Waals surface area contributed by atoms with E-state index in [1.165, 1.54) is 5.56 Å². The summed E-state index contributed by atoms with van der Waals surface area (Å²) >= 11 is 4.73. The lowest BCUT2D eigenvalue weighted by atomic mass is 9.91. The quantitative estimate of drug-likeness (QED) is 0.544. The van der Waals surface area contributed by atoms with E-state index in [0.717, 1.165) is 12.8 Å². The van der Waals surface area contributed by atoms with Gasteiger partial charge in [-0.3, -0.25) is 0 Å². The predicted molar refractivity (Wildman–Crippen MR) is 66.7 cm³/mol. The standard InChI is InChI=1S/C13H16S/c1-3-10-13(14,11-4-2)12-8-6-5-7-9-12/h3-9,14H,1-2,10-11H2. The summed E-state index contributed by atoms with van der Waals surface area (Å²) in [5.74, 6) is 0. The molecule has 1 heteroatoms.